The fraction of sp³-hybridized carbons (Fsp3) is 0.267. The first-order chi connectivity index (χ1) is 9.94. The van der Waals surface area contributed by atoms with Gasteiger partial charge in [0.05, 0.1) is 11.0 Å². The van der Waals surface area contributed by atoms with E-state index < -0.39 is 0 Å². The summed E-state index contributed by atoms with van der Waals surface area (Å²) >= 11 is 1.16. The van der Waals surface area contributed by atoms with Gasteiger partial charge in [-0.25, -0.2) is 0 Å². The van der Waals surface area contributed by atoms with Crippen LogP contribution in [0.25, 0.3) is 6.08 Å². The van der Waals surface area contributed by atoms with Gasteiger partial charge in [-0.05, 0) is 49.4 Å². The fourth-order valence-corrected chi connectivity index (χ4v) is 2.54. The molecule has 0 unspecified atom stereocenters. The Kier molecular flexibility index (Phi) is 4.80. The molecule has 1 aliphatic heterocycles. The van der Waals surface area contributed by atoms with E-state index in [0.717, 1.165) is 23.1 Å². The van der Waals surface area contributed by atoms with Gasteiger partial charge in [0.15, 0.2) is 5.17 Å². The summed E-state index contributed by atoms with van der Waals surface area (Å²) in [6.07, 6.45) is 1.86. The van der Waals surface area contributed by atoms with Crippen molar-refractivity contribution < 1.29 is 14.3 Å². The van der Waals surface area contributed by atoms with Crippen molar-refractivity contribution in [3.63, 3.8) is 0 Å². The third-order valence-electron chi connectivity index (χ3n) is 2.45. The topological polar surface area (TPSA) is 67.8 Å². The van der Waals surface area contributed by atoms with Crippen molar-refractivity contribution in [3.05, 3.63) is 34.7 Å². The third-order valence-corrected chi connectivity index (χ3v) is 3.35. The Bertz CT molecular complexity index is 618. The van der Waals surface area contributed by atoms with Crippen molar-refractivity contribution in [1.82, 2.24) is 5.32 Å². The molecule has 6 heteroatoms. The lowest BCUT2D eigenvalue weighted by molar-refractivity contribution is -0.117. The number of nitrogens with zero attached hydrogens (tertiary/aromatic N) is 1. The van der Waals surface area contributed by atoms with E-state index in [1.165, 1.54) is 6.92 Å². The summed E-state index contributed by atoms with van der Waals surface area (Å²) in [5, 5.41) is 2.83. The van der Waals surface area contributed by atoms with Crippen LogP contribution in [0.15, 0.2) is 34.2 Å². The summed E-state index contributed by atoms with van der Waals surface area (Å²) in [6.45, 7) is 5.30. The van der Waals surface area contributed by atoms with Crippen molar-refractivity contribution in [3.8, 4) is 5.75 Å². The summed E-state index contributed by atoms with van der Waals surface area (Å²) in [6, 6.07) is 7.45. The van der Waals surface area contributed by atoms with E-state index in [1.54, 1.807) is 6.08 Å². The van der Waals surface area contributed by atoms with E-state index in [9.17, 15) is 9.59 Å². The molecule has 1 aliphatic rings. The zero-order valence-corrected chi connectivity index (χ0v) is 12.9. The van der Waals surface area contributed by atoms with Gasteiger partial charge < -0.3 is 10.1 Å². The molecule has 21 heavy (non-hydrogen) atoms. The molecule has 0 atom stereocenters. The molecule has 2 rings (SSSR count). The molecule has 1 heterocycles. The number of nitrogens with one attached hydrogen (secondary N) is 1. The zero-order valence-electron chi connectivity index (χ0n) is 12.0. The number of thioether (sulfide) groups is 1. The number of aliphatic imine (C=N–C) groups is 1. The van der Waals surface area contributed by atoms with E-state index >= 15 is 0 Å². The van der Waals surface area contributed by atoms with Crippen molar-refractivity contribution in [2.24, 2.45) is 4.99 Å². The molecule has 0 saturated heterocycles. The number of benzene rings is 1. The van der Waals surface area contributed by atoms with Crippen LogP contribution < -0.4 is 10.1 Å². The highest BCUT2D eigenvalue weighted by atomic mass is 32.2. The quantitative estimate of drug-likeness (QED) is 0.872. The van der Waals surface area contributed by atoms with Crippen LogP contribution in [0.5, 0.6) is 5.75 Å². The predicted octanol–water partition coefficient (Wildman–Crippen LogP) is 2.58. The highest BCUT2D eigenvalue weighted by Crippen LogP contribution is 2.27. The molecule has 0 aliphatic carbocycles. The SMILES string of the molecule is CC(=O)NC1=NC(=O)/C(=C/c2ccc(OC(C)C)cc2)S1. The highest BCUT2D eigenvalue weighted by Gasteiger charge is 2.22. The monoisotopic (exact) mass is 304 g/mol. The van der Waals surface area contributed by atoms with Crippen LogP contribution in [-0.2, 0) is 9.59 Å². The van der Waals surface area contributed by atoms with Crippen LogP contribution in [0, 0.1) is 0 Å². The Hall–Kier alpha value is -2.08. The molecule has 0 saturated carbocycles. The normalized spacial score (nSPS) is 16.3. The Morgan fingerprint density at radius 1 is 1.33 bits per heavy atom. The second-order valence-electron chi connectivity index (χ2n) is 4.75. The molecule has 0 fully saturated rings. The van der Waals surface area contributed by atoms with Crippen molar-refractivity contribution >= 4 is 34.8 Å². The predicted molar refractivity (Wildman–Crippen MR) is 84.0 cm³/mol. The van der Waals surface area contributed by atoms with Crippen molar-refractivity contribution in [2.75, 3.05) is 0 Å². The number of amidine groups is 1. The lowest BCUT2D eigenvalue weighted by Crippen LogP contribution is -2.23. The molecular weight excluding hydrogens is 288 g/mol. The number of carbonyl (C=O) groups excluding carboxylic acids is 2. The summed E-state index contributed by atoms with van der Waals surface area (Å²) < 4.78 is 5.56. The van der Waals surface area contributed by atoms with Gasteiger partial charge in [-0.2, -0.15) is 4.99 Å². The maximum Gasteiger partial charge on any atom is 0.286 e. The number of hydrogen-bond donors (Lipinski definition) is 1. The van der Waals surface area contributed by atoms with Crippen molar-refractivity contribution in [2.45, 2.75) is 26.9 Å². The average Bonchev–Trinajstić information content (AvgIpc) is 2.70. The second-order valence-corrected chi connectivity index (χ2v) is 5.78. The van der Waals surface area contributed by atoms with Crippen LogP contribution >= 0.6 is 11.8 Å². The molecule has 1 aromatic carbocycles. The molecule has 0 bridgehead atoms. The molecular formula is C15H16N2O3S. The number of ether oxygens (including phenoxy) is 1. The summed E-state index contributed by atoms with van der Waals surface area (Å²) in [7, 11) is 0. The minimum absolute atomic E-state index is 0.120. The van der Waals surface area contributed by atoms with E-state index in [-0.39, 0.29) is 17.9 Å². The number of carbonyl (C=O) groups is 2. The van der Waals surface area contributed by atoms with Gasteiger partial charge in [-0.1, -0.05) is 12.1 Å². The number of hydrogen-bond acceptors (Lipinski definition) is 4. The maximum absolute atomic E-state index is 11.7. The smallest absolute Gasteiger partial charge is 0.286 e. The van der Waals surface area contributed by atoms with Gasteiger partial charge in [0.25, 0.3) is 5.91 Å². The van der Waals surface area contributed by atoms with E-state index in [2.05, 4.69) is 10.3 Å². The molecule has 0 aromatic heterocycles. The average molecular weight is 304 g/mol. The zero-order chi connectivity index (χ0) is 15.4. The lowest BCUT2D eigenvalue weighted by atomic mass is 10.2. The van der Waals surface area contributed by atoms with Crippen LogP contribution in [0.1, 0.15) is 26.3 Å². The number of rotatable bonds is 3. The molecule has 1 aromatic rings. The van der Waals surface area contributed by atoms with Gasteiger partial charge in [0.2, 0.25) is 5.91 Å². The minimum Gasteiger partial charge on any atom is -0.491 e. The molecule has 1 N–H and O–H groups in total. The van der Waals surface area contributed by atoms with Crippen LogP contribution in [0.3, 0.4) is 0 Å². The van der Waals surface area contributed by atoms with Gasteiger partial charge in [0, 0.05) is 6.92 Å². The molecule has 0 radical (unpaired) electrons. The fourth-order valence-electron chi connectivity index (χ4n) is 1.68. The lowest BCUT2D eigenvalue weighted by Gasteiger charge is -2.09. The standard InChI is InChI=1S/C15H16N2O3S/c1-9(2)20-12-6-4-11(5-7-12)8-13-14(19)17-15(21-13)16-10(3)18/h4-9H,1-3H3,(H,16,17,18,19)/b13-8-. The number of amides is 2. The minimum atomic E-state index is -0.341. The van der Waals surface area contributed by atoms with Crippen molar-refractivity contribution in [1.29, 1.82) is 0 Å². The van der Waals surface area contributed by atoms with Gasteiger partial charge in [0.1, 0.15) is 5.75 Å². The summed E-state index contributed by atoms with van der Waals surface area (Å²) in [5.74, 6) is 0.199. The Morgan fingerprint density at radius 3 is 2.57 bits per heavy atom. The van der Waals surface area contributed by atoms with Gasteiger partial charge in [-0.3, -0.25) is 9.59 Å². The van der Waals surface area contributed by atoms with E-state index in [0.29, 0.717) is 10.1 Å². The highest BCUT2D eigenvalue weighted by molar-refractivity contribution is 8.18. The molecule has 110 valence electrons. The van der Waals surface area contributed by atoms with E-state index in [1.807, 2.05) is 38.1 Å². The van der Waals surface area contributed by atoms with Gasteiger partial charge >= 0.3 is 0 Å². The van der Waals surface area contributed by atoms with E-state index in [4.69, 9.17) is 4.74 Å². The Labute approximate surface area is 127 Å². The first-order valence-corrected chi connectivity index (χ1v) is 7.32. The molecule has 5 nitrogen and oxygen atoms in total. The van der Waals surface area contributed by atoms with Crippen LogP contribution in [0.4, 0.5) is 0 Å². The maximum atomic E-state index is 11.7. The molecule has 0 spiro atoms. The summed E-state index contributed by atoms with van der Waals surface area (Å²) in [4.78, 5) is 26.9. The first kappa shape index (κ1) is 15.3. The second kappa shape index (κ2) is 6.58. The third kappa shape index (κ3) is 4.46. The first-order valence-electron chi connectivity index (χ1n) is 6.51. The Balaban J connectivity index is 2.07. The Morgan fingerprint density at radius 2 is 2.00 bits per heavy atom. The largest absolute Gasteiger partial charge is 0.491 e. The van der Waals surface area contributed by atoms with Crippen LogP contribution in [0.2, 0.25) is 0 Å². The van der Waals surface area contributed by atoms with Gasteiger partial charge in [-0.15, -0.1) is 0 Å². The molecule has 2 amide bonds. The van der Waals surface area contributed by atoms with Crippen LogP contribution in [-0.4, -0.2) is 23.1 Å². The summed E-state index contributed by atoms with van der Waals surface area (Å²) in [5.41, 5.74) is 0.876.